The van der Waals surface area contributed by atoms with Crippen molar-refractivity contribution in [2.45, 2.75) is 37.9 Å². The molecule has 0 radical (unpaired) electrons. The van der Waals surface area contributed by atoms with Gasteiger partial charge in [0.25, 0.3) is 0 Å². The zero-order chi connectivity index (χ0) is 15.5. The van der Waals surface area contributed by atoms with E-state index in [4.69, 9.17) is 5.73 Å². The average Bonchev–Trinajstić information content (AvgIpc) is 2.92. The zero-order valence-electron chi connectivity index (χ0n) is 12.0. The minimum absolute atomic E-state index is 0.0982. The van der Waals surface area contributed by atoms with E-state index in [-0.39, 0.29) is 24.0 Å². The smallest absolute Gasteiger partial charge is 0.242 e. The molecule has 0 bridgehead atoms. The van der Waals surface area contributed by atoms with E-state index in [1.54, 1.807) is 24.4 Å². The molecule has 21 heavy (non-hydrogen) atoms. The highest BCUT2D eigenvalue weighted by atomic mass is 32.2. The van der Waals surface area contributed by atoms with Gasteiger partial charge in [0, 0.05) is 30.7 Å². The highest BCUT2D eigenvalue weighted by molar-refractivity contribution is 7.89. The molecule has 0 amide bonds. The molecule has 2 rings (SSSR count). The third-order valence-electron chi connectivity index (χ3n) is 3.05. The van der Waals surface area contributed by atoms with Crippen molar-refractivity contribution in [1.29, 1.82) is 0 Å². The molecule has 0 spiro atoms. The SMILES string of the molecule is CC(C)n1cc(S(=O)(=O)NCc2cccnn2)cc1CN. The maximum absolute atomic E-state index is 12.3. The molecular formula is C13H19N5O2S. The van der Waals surface area contributed by atoms with E-state index < -0.39 is 10.0 Å². The van der Waals surface area contributed by atoms with E-state index in [1.807, 2.05) is 18.4 Å². The van der Waals surface area contributed by atoms with Gasteiger partial charge < -0.3 is 10.3 Å². The second-order valence-electron chi connectivity index (χ2n) is 4.91. The second kappa shape index (κ2) is 6.33. The monoisotopic (exact) mass is 309 g/mol. The lowest BCUT2D eigenvalue weighted by Crippen LogP contribution is -2.23. The van der Waals surface area contributed by atoms with Gasteiger partial charge in [-0.3, -0.25) is 0 Å². The summed E-state index contributed by atoms with van der Waals surface area (Å²) in [6.45, 7) is 4.34. The fourth-order valence-electron chi connectivity index (χ4n) is 1.97. The van der Waals surface area contributed by atoms with Gasteiger partial charge in [-0.2, -0.15) is 10.2 Å². The van der Waals surface area contributed by atoms with Crippen LogP contribution in [-0.4, -0.2) is 23.2 Å². The van der Waals surface area contributed by atoms with E-state index >= 15 is 0 Å². The lowest BCUT2D eigenvalue weighted by atomic mass is 10.3. The molecule has 0 fully saturated rings. The molecule has 0 aliphatic carbocycles. The van der Waals surface area contributed by atoms with Crippen molar-refractivity contribution < 1.29 is 8.42 Å². The summed E-state index contributed by atoms with van der Waals surface area (Å²) in [5.41, 5.74) is 7.00. The quantitative estimate of drug-likeness (QED) is 0.821. The van der Waals surface area contributed by atoms with Crippen LogP contribution >= 0.6 is 0 Å². The molecule has 8 heteroatoms. The Morgan fingerprint density at radius 2 is 2.19 bits per heavy atom. The number of sulfonamides is 1. The van der Waals surface area contributed by atoms with Crippen LogP contribution in [0.1, 0.15) is 31.3 Å². The maximum Gasteiger partial charge on any atom is 0.242 e. The van der Waals surface area contributed by atoms with Crippen LogP contribution in [0.15, 0.2) is 35.5 Å². The molecule has 0 saturated carbocycles. The summed E-state index contributed by atoms with van der Waals surface area (Å²) in [4.78, 5) is 0.209. The molecule has 2 aromatic heterocycles. The lowest BCUT2D eigenvalue weighted by molar-refractivity contribution is 0.569. The van der Waals surface area contributed by atoms with Crippen molar-refractivity contribution in [3.8, 4) is 0 Å². The lowest BCUT2D eigenvalue weighted by Gasteiger charge is -2.10. The van der Waals surface area contributed by atoms with Crippen molar-refractivity contribution in [2.24, 2.45) is 5.73 Å². The molecule has 0 unspecified atom stereocenters. The number of nitrogens with one attached hydrogen (secondary N) is 1. The molecule has 0 aliphatic heterocycles. The van der Waals surface area contributed by atoms with Crippen molar-refractivity contribution in [1.82, 2.24) is 19.5 Å². The Bertz CT molecular complexity index is 695. The number of rotatable bonds is 6. The number of nitrogens with zero attached hydrogens (tertiary/aromatic N) is 3. The summed E-state index contributed by atoms with van der Waals surface area (Å²) in [5, 5.41) is 7.55. The molecule has 3 N–H and O–H groups in total. The van der Waals surface area contributed by atoms with Crippen LogP contribution in [-0.2, 0) is 23.1 Å². The third-order valence-corrected chi connectivity index (χ3v) is 4.42. The first-order valence-electron chi connectivity index (χ1n) is 6.61. The number of nitrogens with two attached hydrogens (primary N) is 1. The average molecular weight is 309 g/mol. The molecule has 7 nitrogen and oxygen atoms in total. The minimum Gasteiger partial charge on any atom is -0.346 e. The Morgan fingerprint density at radius 1 is 1.43 bits per heavy atom. The third kappa shape index (κ3) is 3.66. The maximum atomic E-state index is 12.3. The van der Waals surface area contributed by atoms with E-state index in [2.05, 4.69) is 14.9 Å². The van der Waals surface area contributed by atoms with E-state index in [1.165, 1.54) is 6.20 Å². The predicted molar refractivity (Wildman–Crippen MR) is 78.8 cm³/mol. The molecule has 0 aliphatic rings. The fraction of sp³-hybridized carbons (Fsp3) is 0.385. The Labute approximate surface area is 124 Å². The van der Waals surface area contributed by atoms with Gasteiger partial charge in [-0.1, -0.05) is 0 Å². The Morgan fingerprint density at radius 3 is 2.71 bits per heavy atom. The first kappa shape index (κ1) is 15.6. The van der Waals surface area contributed by atoms with Gasteiger partial charge in [-0.15, -0.1) is 0 Å². The van der Waals surface area contributed by atoms with Crippen LogP contribution in [0, 0.1) is 0 Å². The molecule has 2 heterocycles. The Hall–Kier alpha value is -1.77. The van der Waals surface area contributed by atoms with Crippen LogP contribution in [0.25, 0.3) is 0 Å². The van der Waals surface area contributed by atoms with Crippen molar-refractivity contribution in [3.05, 3.63) is 42.0 Å². The van der Waals surface area contributed by atoms with Crippen LogP contribution < -0.4 is 10.5 Å². The minimum atomic E-state index is -3.60. The van der Waals surface area contributed by atoms with Gasteiger partial charge in [0.05, 0.1) is 17.1 Å². The summed E-state index contributed by atoms with van der Waals surface area (Å²) in [7, 11) is -3.60. The van der Waals surface area contributed by atoms with Crippen molar-refractivity contribution in [3.63, 3.8) is 0 Å². The summed E-state index contributed by atoms with van der Waals surface area (Å²) < 4.78 is 29.0. The van der Waals surface area contributed by atoms with Gasteiger partial charge in [0.1, 0.15) is 0 Å². The van der Waals surface area contributed by atoms with E-state index in [0.717, 1.165) is 5.69 Å². The van der Waals surface area contributed by atoms with Gasteiger partial charge in [-0.05, 0) is 32.0 Å². The molecule has 2 aromatic rings. The van der Waals surface area contributed by atoms with Crippen molar-refractivity contribution >= 4 is 10.0 Å². The summed E-state index contributed by atoms with van der Waals surface area (Å²) >= 11 is 0. The van der Waals surface area contributed by atoms with E-state index in [9.17, 15) is 8.42 Å². The molecular weight excluding hydrogens is 290 g/mol. The molecule has 0 saturated heterocycles. The summed E-state index contributed by atoms with van der Waals surface area (Å²) in [6.07, 6.45) is 3.14. The highest BCUT2D eigenvalue weighted by Gasteiger charge is 2.19. The summed E-state index contributed by atoms with van der Waals surface area (Å²) in [5.74, 6) is 0. The van der Waals surface area contributed by atoms with Crippen LogP contribution in [0.4, 0.5) is 0 Å². The van der Waals surface area contributed by atoms with Gasteiger partial charge in [0.2, 0.25) is 10.0 Å². The Balaban J connectivity index is 2.20. The van der Waals surface area contributed by atoms with Gasteiger partial charge in [0.15, 0.2) is 0 Å². The topological polar surface area (TPSA) is 103 Å². The number of hydrogen-bond acceptors (Lipinski definition) is 5. The first-order chi connectivity index (χ1) is 9.94. The molecule has 114 valence electrons. The normalized spacial score (nSPS) is 12.0. The number of hydrogen-bond donors (Lipinski definition) is 2. The second-order valence-corrected chi connectivity index (χ2v) is 6.68. The van der Waals surface area contributed by atoms with Gasteiger partial charge >= 0.3 is 0 Å². The van der Waals surface area contributed by atoms with Crippen LogP contribution in [0.2, 0.25) is 0 Å². The first-order valence-corrected chi connectivity index (χ1v) is 8.09. The highest BCUT2D eigenvalue weighted by Crippen LogP contribution is 2.18. The fourth-order valence-corrected chi connectivity index (χ4v) is 3.02. The largest absolute Gasteiger partial charge is 0.346 e. The predicted octanol–water partition coefficient (Wildman–Crippen LogP) is 0.796. The van der Waals surface area contributed by atoms with Crippen LogP contribution in [0.3, 0.4) is 0 Å². The standard InChI is InChI=1S/C13H19N5O2S/c1-10(2)18-9-13(6-12(18)7-14)21(19,20)16-8-11-4-3-5-15-17-11/h3-6,9-10,16H,7-8,14H2,1-2H3. The van der Waals surface area contributed by atoms with Crippen LogP contribution in [0.5, 0.6) is 0 Å². The van der Waals surface area contributed by atoms with Crippen molar-refractivity contribution in [2.75, 3.05) is 0 Å². The summed E-state index contributed by atoms with van der Waals surface area (Å²) in [6, 6.07) is 5.16. The Kier molecular flexibility index (Phi) is 4.71. The molecule has 0 atom stereocenters. The molecule has 0 aromatic carbocycles. The number of aromatic nitrogens is 3. The van der Waals surface area contributed by atoms with E-state index in [0.29, 0.717) is 5.69 Å². The zero-order valence-corrected chi connectivity index (χ0v) is 12.8. The van der Waals surface area contributed by atoms with Gasteiger partial charge in [-0.25, -0.2) is 13.1 Å².